The second-order valence-electron chi connectivity index (χ2n) is 3.88. The molecule has 0 saturated heterocycles. The van der Waals surface area contributed by atoms with Gasteiger partial charge in [-0.25, -0.2) is 5.43 Å². The number of nitrogens with zero attached hydrogens (tertiary/aromatic N) is 1. The number of furan rings is 1. The lowest BCUT2D eigenvalue weighted by Crippen LogP contribution is -2.19. The molecule has 0 aliphatic rings. The molecule has 1 amide bonds. The van der Waals surface area contributed by atoms with Gasteiger partial charge in [-0.05, 0) is 48.4 Å². The molecular weight excluding hydrogens is 244 g/mol. The van der Waals surface area contributed by atoms with Gasteiger partial charge >= 0.3 is 5.91 Å². The van der Waals surface area contributed by atoms with Gasteiger partial charge in [-0.2, -0.15) is 5.10 Å². The standard InChI is InChI=1S/C14H14N2O3/c1-2-12(10-5-7-11(17)8-6-10)15-16-14(18)13-4-3-9-19-13/h3-9,17H,2H2,1H3,(H,16,18)/b15-12+. The highest BCUT2D eigenvalue weighted by molar-refractivity contribution is 6.01. The number of carbonyl (C=O) groups is 1. The molecule has 0 atom stereocenters. The van der Waals surface area contributed by atoms with E-state index >= 15 is 0 Å². The van der Waals surface area contributed by atoms with E-state index in [1.165, 1.54) is 6.26 Å². The van der Waals surface area contributed by atoms with Crippen molar-refractivity contribution in [2.24, 2.45) is 5.10 Å². The smallest absolute Gasteiger partial charge is 0.307 e. The molecule has 0 aliphatic carbocycles. The molecule has 2 rings (SSSR count). The Morgan fingerprint density at radius 3 is 2.63 bits per heavy atom. The van der Waals surface area contributed by atoms with E-state index in [2.05, 4.69) is 10.5 Å². The molecule has 98 valence electrons. The van der Waals surface area contributed by atoms with Crippen molar-refractivity contribution in [3.8, 4) is 5.75 Å². The van der Waals surface area contributed by atoms with E-state index in [1.54, 1.807) is 36.4 Å². The quantitative estimate of drug-likeness (QED) is 0.653. The maximum Gasteiger partial charge on any atom is 0.307 e. The summed E-state index contributed by atoms with van der Waals surface area (Å²) in [5, 5.41) is 13.3. The lowest BCUT2D eigenvalue weighted by Gasteiger charge is -2.04. The van der Waals surface area contributed by atoms with Gasteiger partial charge in [0.1, 0.15) is 5.75 Å². The largest absolute Gasteiger partial charge is 0.508 e. The fourth-order valence-corrected chi connectivity index (χ4v) is 1.58. The number of hydrogen-bond donors (Lipinski definition) is 2. The highest BCUT2D eigenvalue weighted by atomic mass is 16.3. The van der Waals surface area contributed by atoms with Crippen LogP contribution in [0.5, 0.6) is 5.75 Å². The van der Waals surface area contributed by atoms with Crippen LogP contribution in [-0.2, 0) is 0 Å². The maximum absolute atomic E-state index is 11.7. The Bertz CT molecular complexity index is 571. The summed E-state index contributed by atoms with van der Waals surface area (Å²) in [6, 6.07) is 9.85. The molecule has 1 aromatic heterocycles. The van der Waals surface area contributed by atoms with E-state index in [4.69, 9.17) is 4.42 Å². The van der Waals surface area contributed by atoms with E-state index < -0.39 is 5.91 Å². The van der Waals surface area contributed by atoms with Crippen molar-refractivity contribution in [3.05, 3.63) is 54.0 Å². The van der Waals surface area contributed by atoms with Gasteiger partial charge in [0.05, 0.1) is 12.0 Å². The molecule has 0 fully saturated rings. The molecule has 0 aliphatic heterocycles. The summed E-state index contributed by atoms with van der Waals surface area (Å²) in [6.45, 7) is 1.94. The molecule has 0 saturated carbocycles. The van der Waals surface area contributed by atoms with Crippen molar-refractivity contribution < 1.29 is 14.3 Å². The van der Waals surface area contributed by atoms with Crippen molar-refractivity contribution in [2.45, 2.75) is 13.3 Å². The third kappa shape index (κ3) is 3.22. The molecule has 1 aromatic carbocycles. The van der Waals surface area contributed by atoms with Crippen LogP contribution >= 0.6 is 0 Å². The van der Waals surface area contributed by atoms with Crippen LogP contribution in [0.1, 0.15) is 29.5 Å². The lowest BCUT2D eigenvalue weighted by molar-refractivity contribution is 0.0927. The summed E-state index contributed by atoms with van der Waals surface area (Å²) in [4.78, 5) is 11.7. The van der Waals surface area contributed by atoms with Crippen LogP contribution in [0.3, 0.4) is 0 Å². The predicted molar refractivity (Wildman–Crippen MR) is 71.1 cm³/mol. The van der Waals surface area contributed by atoms with Gasteiger partial charge in [0.15, 0.2) is 5.76 Å². The summed E-state index contributed by atoms with van der Waals surface area (Å²) in [5.74, 6) is 0.0125. The summed E-state index contributed by atoms with van der Waals surface area (Å²) in [6.07, 6.45) is 2.09. The van der Waals surface area contributed by atoms with Crippen LogP contribution in [0.2, 0.25) is 0 Å². The predicted octanol–water partition coefficient (Wildman–Crippen LogP) is 2.53. The Hall–Kier alpha value is -2.56. The zero-order valence-electron chi connectivity index (χ0n) is 10.5. The number of phenols is 1. The van der Waals surface area contributed by atoms with Gasteiger partial charge in [0, 0.05) is 0 Å². The maximum atomic E-state index is 11.7. The van der Waals surface area contributed by atoms with E-state index in [0.717, 1.165) is 11.3 Å². The Morgan fingerprint density at radius 2 is 2.05 bits per heavy atom. The highest BCUT2D eigenvalue weighted by Crippen LogP contribution is 2.11. The number of amides is 1. The molecule has 19 heavy (non-hydrogen) atoms. The van der Waals surface area contributed by atoms with Crippen molar-refractivity contribution in [1.82, 2.24) is 5.43 Å². The number of phenolic OH excluding ortho intramolecular Hbond substituents is 1. The number of hydrogen-bond acceptors (Lipinski definition) is 4. The fraction of sp³-hybridized carbons (Fsp3) is 0.143. The van der Waals surface area contributed by atoms with Crippen molar-refractivity contribution in [1.29, 1.82) is 0 Å². The lowest BCUT2D eigenvalue weighted by atomic mass is 10.1. The molecule has 0 bridgehead atoms. The van der Waals surface area contributed by atoms with Gasteiger partial charge in [-0.15, -0.1) is 0 Å². The minimum atomic E-state index is -0.394. The highest BCUT2D eigenvalue weighted by Gasteiger charge is 2.08. The van der Waals surface area contributed by atoms with E-state index in [1.807, 2.05) is 6.92 Å². The SMILES string of the molecule is CC/C(=N\NC(=O)c1ccco1)c1ccc(O)cc1. The topological polar surface area (TPSA) is 74.8 Å². The first kappa shape index (κ1) is 12.9. The summed E-state index contributed by atoms with van der Waals surface area (Å²) < 4.78 is 4.97. The molecule has 1 heterocycles. The first-order chi connectivity index (χ1) is 9.20. The summed E-state index contributed by atoms with van der Waals surface area (Å²) >= 11 is 0. The Labute approximate surface area is 110 Å². The number of carbonyl (C=O) groups excluding carboxylic acids is 1. The second-order valence-corrected chi connectivity index (χ2v) is 3.88. The van der Waals surface area contributed by atoms with Crippen molar-refractivity contribution >= 4 is 11.6 Å². The summed E-state index contributed by atoms with van der Waals surface area (Å²) in [5.41, 5.74) is 4.01. The van der Waals surface area contributed by atoms with Crippen LogP contribution in [0.4, 0.5) is 0 Å². The normalized spacial score (nSPS) is 11.3. The third-order valence-electron chi connectivity index (χ3n) is 2.57. The van der Waals surface area contributed by atoms with Gasteiger partial charge in [-0.1, -0.05) is 6.92 Å². The zero-order chi connectivity index (χ0) is 13.7. The van der Waals surface area contributed by atoms with Crippen LogP contribution < -0.4 is 5.43 Å². The van der Waals surface area contributed by atoms with E-state index in [9.17, 15) is 9.90 Å². The van der Waals surface area contributed by atoms with Gasteiger partial charge in [0.25, 0.3) is 0 Å². The van der Waals surface area contributed by atoms with Crippen LogP contribution in [0.15, 0.2) is 52.2 Å². The Kier molecular flexibility index (Phi) is 3.97. The van der Waals surface area contributed by atoms with Crippen molar-refractivity contribution in [2.75, 3.05) is 0 Å². The first-order valence-corrected chi connectivity index (χ1v) is 5.90. The molecule has 5 heteroatoms. The molecule has 2 aromatic rings. The Balaban J connectivity index is 2.11. The average Bonchev–Trinajstić information content (AvgIpc) is 2.95. The monoisotopic (exact) mass is 258 g/mol. The number of benzene rings is 1. The van der Waals surface area contributed by atoms with Crippen molar-refractivity contribution in [3.63, 3.8) is 0 Å². The molecule has 0 radical (unpaired) electrons. The fourth-order valence-electron chi connectivity index (χ4n) is 1.58. The molecular formula is C14H14N2O3. The first-order valence-electron chi connectivity index (χ1n) is 5.90. The zero-order valence-corrected chi connectivity index (χ0v) is 10.5. The minimum absolute atomic E-state index is 0.193. The van der Waals surface area contributed by atoms with Gasteiger partial charge in [-0.3, -0.25) is 4.79 Å². The third-order valence-corrected chi connectivity index (χ3v) is 2.57. The summed E-state index contributed by atoms with van der Waals surface area (Å²) in [7, 11) is 0. The Morgan fingerprint density at radius 1 is 1.32 bits per heavy atom. The van der Waals surface area contributed by atoms with Crippen LogP contribution in [0.25, 0.3) is 0 Å². The number of hydrazone groups is 1. The van der Waals surface area contributed by atoms with Crippen LogP contribution in [-0.4, -0.2) is 16.7 Å². The van der Waals surface area contributed by atoms with Gasteiger partial charge in [0.2, 0.25) is 0 Å². The second kappa shape index (κ2) is 5.86. The molecule has 0 spiro atoms. The number of aromatic hydroxyl groups is 1. The number of rotatable bonds is 4. The van der Waals surface area contributed by atoms with E-state index in [0.29, 0.717) is 6.42 Å². The van der Waals surface area contributed by atoms with Gasteiger partial charge < -0.3 is 9.52 Å². The minimum Gasteiger partial charge on any atom is -0.508 e. The average molecular weight is 258 g/mol. The molecule has 0 unspecified atom stereocenters. The van der Waals surface area contributed by atoms with E-state index in [-0.39, 0.29) is 11.5 Å². The number of nitrogens with one attached hydrogen (secondary N) is 1. The van der Waals surface area contributed by atoms with Crippen LogP contribution in [0, 0.1) is 0 Å². The molecule has 5 nitrogen and oxygen atoms in total. The molecule has 2 N–H and O–H groups in total.